The lowest BCUT2D eigenvalue weighted by atomic mass is 9.78. The summed E-state index contributed by atoms with van der Waals surface area (Å²) < 4.78 is 11.3. The molecule has 1 aromatic heterocycles. The van der Waals surface area contributed by atoms with Gasteiger partial charge in [-0.3, -0.25) is 4.79 Å². The van der Waals surface area contributed by atoms with E-state index in [-0.39, 0.29) is 18.4 Å². The van der Waals surface area contributed by atoms with Crippen LogP contribution in [-0.2, 0) is 20.9 Å². The number of carbonyl (C=O) groups excluding carboxylic acids is 2. The van der Waals surface area contributed by atoms with Crippen molar-refractivity contribution in [2.75, 3.05) is 6.61 Å². The Hall–Kier alpha value is -2.57. The Kier molecular flexibility index (Phi) is 6.72. The molecule has 4 rings (SSSR count). The van der Waals surface area contributed by atoms with Gasteiger partial charge in [-0.1, -0.05) is 11.6 Å². The predicted octanol–water partition coefficient (Wildman–Crippen LogP) is 5.82. The molecule has 0 radical (unpaired) electrons. The lowest BCUT2D eigenvalue weighted by Crippen LogP contribution is -2.34. The number of nitrogens with one attached hydrogen (secondary N) is 1. The summed E-state index contributed by atoms with van der Waals surface area (Å²) in [5.41, 5.74) is 3.95. The van der Waals surface area contributed by atoms with Crippen molar-refractivity contribution in [2.45, 2.75) is 52.6 Å². The number of hydrogen-bond donors (Lipinski definition) is 1. The summed E-state index contributed by atoms with van der Waals surface area (Å²) in [6, 6.07) is 9.31. The quantitative estimate of drug-likeness (QED) is 0.538. The van der Waals surface area contributed by atoms with E-state index in [0.717, 1.165) is 45.3 Å². The number of dihydropyridines is 1. The second kappa shape index (κ2) is 9.51. The molecular weight excluding hydrogens is 446 g/mol. The van der Waals surface area contributed by atoms with E-state index >= 15 is 0 Å². The summed E-state index contributed by atoms with van der Waals surface area (Å²) in [5.74, 6) is 0.0467. The standard InChI is InChI=1S/C25H26ClNO4S/c1-4-30-25(29)22-14(2)27-19-6-5-7-20(28)23(19)24(22)21-12-16(15(3)32-21)13-31-18-10-8-17(26)9-11-18/h8-12,24,27H,4-7,13H2,1-3H3/t24-/m1/s1. The lowest BCUT2D eigenvalue weighted by molar-refractivity contribution is -0.138. The molecular formula is C25H26ClNO4S. The van der Waals surface area contributed by atoms with E-state index in [1.54, 1.807) is 30.4 Å². The minimum absolute atomic E-state index is 0.100. The van der Waals surface area contributed by atoms with E-state index < -0.39 is 5.92 Å². The number of allylic oxidation sites excluding steroid dienone is 3. The molecule has 2 heterocycles. The largest absolute Gasteiger partial charge is 0.489 e. The second-order valence-electron chi connectivity index (χ2n) is 7.96. The fraction of sp³-hybridized carbons (Fsp3) is 0.360. The van der Waals surface area contributed by atoms with Crippen LogP contribution in [0.2, 0.25) is 5.02 Å². The molecule has 0 bridgehead atoms. The van der Waals surface area contributed by atoms with Crippen molar-refractivity contribution in [1.29, 1.82) is 0 Å². The summed E-state index contributed by atoms with van der Waals surface area (Å²) in [7, 11) is 0. The SMILES string of the molecule is CCOC(=O)C1=C(C)NC2=C(C(=O)CCC2)[C@@H]1c1cc(COc2ccc(Cl)cc2)c(C)s1. The summed E-state index contributed by atoms with van der Waals surface area (Å²) in [5, 5.41) is 3.98. The van der Waals surface area contributed by atoms with E-state index in [9.17, 15) is 9.59 Å². The number of esters is 1. The highest BCUT2D eigenvalue weighted by atomic mass is 35.5. The number of hydrogen-bond acceptors (Lipinski definition) is 6. The zero-order valence-electron chi connectivity index (χ0n) is 18.4. The number of carbonyl (C=O) groups is 2. The molecule has 2 aliphatic rings. The first-order valence-corrected chi connectivity index (χ1v) is 12.0. The zero-order chi connectivity index (χ0) is 22.8. The molecule has 1 atom stereocenters. The molecule has 0 amide bonds. The van der Waals surface area contributed by atoms with Crippen molar-refractivity contribution >= 4 is 34.7 Å². The van der Waals surface area contributed by atoms with Gasteiger partial charge in [0.1, 0.15) is 12.4 Å². The highest BCUT2D eigenvalue weighted by Crippen LogP contribution is 2.45. The fourth-order valence-corrected chi connectivity index (χ4v) is 5.55. The normalized spacial score (nSPS) is 18.4. The van der Waals surface area contributed by atoms with E-state index in [1.165, 1.54) is 0 Å². The van der Waals surface area contributed by atoms with Crippen molar-refractivity contribution in [3.63, 3.8) is 0 Å². The van der Waals surface area contributed by atoms with Gasteiger partial charge in [-0.25, -0.2) is 4.79 Å². The molecule has 1 aliphatic heterocycles. The van der Waals surface area contributed by atoms with Crippen LogP contribution in [-0.4, -0.2) is 18.4 Å². The van der Waals surface area contributed by atoms with Crippen LogP contribution in [0.1, 0.15) is 54.3 Å². The van der Waals surface area contributed by atoms with E-state index in [1.807, 2.05) is 26.0 Å². The third-order valence-corrected chi connectivity index (χ3v) is 7.21. The molecule has 0 spiro atoms. The minimum Gasteiger partial charge on any atom is -0.489 e. The van der Waals surface area contributed by atoms with Crippen molar-refractivity contribution in [2.24, 2.45) is 0 Å². The smallest absolute Gasteiger partial charge is 0.336 e. The van der Waals surface area contributed by atoms with E-state index in [4.69, 9.17) is 21.1 Å². The topological polar surface area (TPSA) is 64.6 Å². The Labute approximate surface area is 197 Å². The van der Waals surface area contributed by atoms with Gasteiger partial charge in [0.05, 0.1) is 18.1 Å². The molecule has 1 aromatic carbocycles. The number of benzene rings is 1. The lowest BCUT2D eigenvalue weighted by Gasteiger charge is -2.33. The predicted molar refractivity (Wildman–Crippen MR) is 126 cm³/mol. The number of ether oxygens (including phenoxy) is 2. The van der Waals surface area contributed by atoms with Gasteiger partial charge in [0, 0.05) is 43.7 Å². The summed E-state index contributed by atoms with van der Waals surface area (Å²) in [6.07, 6.45) is 2.13. The summed E-state index contributed by atoms with van der Waals surface area (Å²) in [6.45, 7) is 6.39. The maximum absolute atomic E-state index is 13.0. The Bertz CT molecular complexity index is 1110. The van der Waals surface area contributed by atoms with Gasteiger partial charge in [-0.2, -0.15) is 0 Å². The molecule has 0 saturated heterocycles. The molecule has 1 aliphatic carbocycles. The number of ketones is 1. The first-order valence-electron chi connectivity index (χ1n) is 10.8. The van der Waals surface area contributed by atoms with Crippen LogP contribution in [0.5, 0.6) is 5.75 Å². The van der Waals surface area contributed by atoms with Gasteiger partial charge >= 0.3 is 5.97 Å². The second-order valence-corrected chi connectivity index (χ2v) is 9.68. The maximum atomic E-state index is 13.0. The van der Waals surface area contributed by atoms with Gasteiger partial charge in [-0.15, -0.1) is 11.3 Å². The molecule has 2 aromatic rings. The molecule has 0 unspecified atom stereocenters. The maximum Gasteiger partial charge on any atom is 0.336 e. The number of rotatable bonds is 6. The number of thiophene rings is 1. The highest BCUT2D eigenvalue weighted by Gasteiger charge is 2.40. The molecule has 0 saturated carbocycles. The minimum atomic E-state index is -0.411. The van der Waals surface area contributed by atoms with Crippen LogP contribution < -0.4 is 10.1 Å². The molecule has 7 heteroatoms. The zero-order valence-corrected chi connectivity index (χ0v) is 20.0. The van der Waals surface area contributed by atoms with Crippen LogP contribution in [0.3, 0.4) is 0 Å². The van der Waals surface area contributed by atoms with Gasteiger partial charge in [0.15, 0.2) is 5.78 Å². The average Bonchev–Trinajstić information content (AvgIpc) is 3.13. The van der Waals surface area contributed by atoms with Gasteiger partial charge in [-0.05, 0) is 63.9 Å². The number of Topliss-reactive ketones (excluding diaryl/α,β-unsaturated/α-hetero) is 1. The molecule has 32 heavy (non-hydrogen) atoms. The third-order valence-electron chi connectivity index (χ3n) is 5.80. The molecule has 5 nitrogen and oxygen atoms in total. The van der Waals surface area contributed by atoms with Gasteiger partial charge in [0.2, 0.25) is 0 Å². The Balaban J connectivity index is 1.69. The van der Waals surface area contributed by atoms with E-state index in [0.29, 0.717) is 29.2 Å². The van der Waals surface area contributed by atoms with Crippen LogP contribution in [0.15, 0.2) is 52.9 Å². The summed E-state index contributed by atoms with van der Waals surface area (Å²) >= 11 is 7.55. The third kappa shape index (κ3) is 4.48. The first-order chi connectivity index (χ1) is 15.4. The molecule has 1 N–H and O–H groups in total. The van der Waals surface area contributed by atoms with Gasteiger partial charge in [0.25, 0.3) is 0 Å². The highest BCUT2D eigenvalue weighted by molar-refractivity contribution is 7.12. The van der Waals surface area contributed by atoms with Crippen LogP contribution >= 0.6 is 22.9 Å². The van der Waals surface area contributed by atoms with Crippen LogP contribution in [0, 0.1) is 6.92 Å². The van der Waals surface area contributed by atoms with Crippen molar-refractivity contribution in [1.82, 2.24) is 5.32 Å². The average molecular weight is 472 g/mol. The fourth-order valence-electron chi connectivity index (χ4n) is 4.27. The Morgan fingerprint density at radius 2 is 1.97 bits per heavy atom. The molecule has 168 valence electrons. The van der Waals surface area contributed by atoms with Crippen molar-refractivity contribution < 1.29 is 19.1 Å². The molecule has 0 fully saturated rings. The summed E-state index contributed by atoms with van der Waals surface area (Å²) in [4.78, 5) is 27.9. The van der Waals surface area contributed by atoms with Crippen LogP contribution in [0.25, 0.3) is 0 Å². The Morgan fingerprint density at radius 3 is 2.69 bits per heavy atom. The van der Waals surface area contributed by atoms with Crippen molar-refractivity contribution in [3.05, 3.63) is 73.2 Å². The van der Waals surface area contributed by atoms with Crippen LogP contribution in [0.4, 0.5) is 0 Å². The van der Waals surface area contributed by atoms with Crippen molar-refractivity contribution in [3.8, 4) is 5.75 Å². The Morgan fingerprint density at radius 1 is 1.22 bits per heavy atom. The number of aryl methyl sites for hydroxylation is 1. The number of halogens is 1. The monoisotopic (exact) mass is 471 g/mol. The first kappa shape index (κ1) is 22.6. The van der Waals surface area contributed by atoms with E-state index in [2.05, 4.69) is 11.4 Å². The van der Waals surface area contributed by atoms with Gasteiger partial charge < -0.3 is 14.8 Å².